The summed E-state index contributed by atoms with van der Waals surface area (Å²) in [6.07, 6.45) is 2.29. The minimum atomic E-state index is 0.0213. The molecule has 1 atom stereocenters. The van der Waals surface area contributed by atoms with Crippen molar-refractivity contribution in [3.05, 3.63) is 0 Å². The Morgan fingerprint density at radius 2 is 2.29 bits per heavy atom. The Morgan fingerprint density at radius 1 is 1.57 bits per heavy atom. The molecule has 1 saturated heterocycles. The number of likely N-dealkylation sites (tertiary alicyclic amines) is 1. The number of urea groups is 1. The number of likely N-dealkylation sites (N-methyl/N-ethyl adjacent to an activating group) is 1. The summed E-state index contributed by atoms with van der Waals surface area (Å²) in [6.45, 7) is 5.41. The van der Waals surface area contributed by atoms with Crippen LogP contribution in [0, 0.1) is 0 Å². The molecular weight excluding hydrogens is 178 g/mol. The maximum Gasteiger partial charge on any atom is 0.317 e. The number of hydrogen-bond acceptors (Lipinski definition) is 2. The number of piperidine rings is 1. The average Bonchev–Trinajstić information content (AvgIpc) is 2.18. The van der Waals surface area contributed by atoms with Crippen molar-refractivity contribution >= 4 is 6.03 Å². The molecule has 0 aromatic rings. The number of hydrogen-bond donors (Lipinski definition) is 1. The van der Waals surface area contributed by atoms with Gasteiger partial charge in [0.05, 0.1) is 0 Å². The van der Waals surface area contributed by atoms with Gasteiger partial charge < -0.3 is 15.1 Å². The van der Waals surface area contributed by atoms with Crippen LogP contribution in [0.1, 0.15) is 19.8 Å². The van der Waals surface area contributed by atoms with Gasteiger partial charge in [-0.25, -0.2) is 4.79 Å². The van der Waals surface area contributed by atoms with Crippen molar-refractivity contribution in [2.24, 2.45) is 0 Å². The molecule has 1 heterocycles. The van der Waals surface area contributed by atoms with E-state index in [0.717, 1.165) is 19.5 Å². The van der Waals surface area contributed by atoms with Gasteiger partial charge in [-0.2, -0.15) is 0 Å². The summed E-state index contributed by atoms with van der Waals surface area (Å²) in [4.78, 5) is 15.4. The molecule has 0 spiro atoms. The minimum Gasteiger partial charge on any atom is -0.334 e. The highest BCUT2D eigenvalue weighted by atomic mass is 16.2. The zero-order chi connectivity index (χ0) is 10.6. The summed E-state index contributed by atoms with van der Waals surface area (Å²) in [6, 6.07) is 0.353. The van der Waals surface area contributed by atoms with E-state index < -0.39 is 0 Å². The predicted molar refractivity (Wildman–Crippen MR) is 57.4 cm³/mol. The van der Waals surface area contributed by atoms with E-state index in [0.29, 0.717) is 6.04 Å². The van der Waals surface area contributed by atoms with Gasteiger partial charge in [-0.15, -0.1) is 0 Å². The first-order valence-electron chi connectivity index (χ1n) is 5.33. The van der Waals surface area contributed by atoms with E-state index in [1.165, 1.54) is 13.0 Å². The van der Waals surface area contributed by atoms with Gasteiger partial charge >= 0.3 is 6.03 Å². The number of carbonyl (C=O) groups excluding carboxylic acids is 1. The second kappa shape index (κ2) is 5.20. The van der Waals surface area contributed by atoms with Crippen LogP contribution < -0.4 is 5.32 Å². The molecule has 0 aliphatic carbocycles. The van der Waals surface area contributed by atoms with Crippen molar-refractivity contribution in [2.75, 3.05) is 33.7 Å². The summed E-state index contributed by atoms with van der Waals surface area (Å²) in [5.41, 5.74) is 0. The number of nitrogens with zero attached hydrogens (tertiary/aromatic N) is 2. The van der Waals surface area contributed by atoms with Gasteiger partial charge in [0, 0.05) is 26.7 Å². The van der Waals surface area contributed by atoms with Crippen molar-refractivity contribution in [3.8, 4) is 0 Å². The molecule has 0 aromatic heterocycles. The highest BCUT2D eigenvalue weighted by Gasteiger charge is 2.20. The Kier molecular flexibility index (Phi) is 4.20. The topological polar surface area (TPSA) is 35.6 Å². The second-order valence-corrected chi connectivity index (χ2v) is 4.08. The number of rotatable bonds is 2. The van der Waals surface area contributed by atoms with E-state index in [1.54, 1.807) is 19.0 Å². The molecule has 0 bridgehead atoms. The van der Waals surface area contributed by atoms with Crippen molar-refractivity contribution in [3.63, 3.8) is 0 Å². The van der Waals surface area contributed by atoms with Crippen molar-refractivity contribution < 1.29 is 4.79 Å². The van der Waals surface area contributed by atoms with Crippen LogP contribution in [0.15, 0.2) is 0 Å². The Hall–Kier alpha value is -0.770. The van der Waals surface area contributed by atoms with Crippen LogP contribution in [0.25, 0.3) is 0 Å². The standard InChI is InChI=1S/C10H21N3O/c1-4-13-7-5-6-9(8-13)11-10(14)12(2)3/h9H,4-8H2,1-3H3,(H,11,14). The Bertz CT molecular complexity index is 194. The van der Waals surface area contributed by atoms with Gasteiger partial charge in [-0.1, -0.05) is 6.92 Å². The number of amides is 2. The van der Waals surface area contributed by atoms with E-state index in [-0.39, 0.29) is 6.03 Å². The fourth-order valence-electron chi connectivity index (χ4n) is 1.76. The quantitative estimate of drug-likeness (QED) is 0.712. The lowest BCUT2D eigenvalue weighted by Crippen LogP contribution is -2.50. The number of nitrogens with one attached hydrogen (secondary N) is 1. The molecule has 14 heavy (non-hydrogen) atoms. The van der Waals surface area contributed by atoms with Crippen molar-refractivity contribution in [1.29, 1.82) is 0 Å². The first-order chi connectivity index (χ1) is 6.63. The normalized spacial score (nSPS) is 23.2. The molecule has 82 valence electrons. The fraction of sp³-hybridized carbons (Fsp3) is 0.900. The molecule has 1 fully saturated rings. The first kappa shape index (κ1) is 11.3. The first-order valence-corrected chi connectivity index (χ1v) is 5.33. The molecule has 2 amide bonds. The largest absolute Gasteiger partial charge is 0.334 e. The third-order valence-corrected chi connectivity index (χ3v) is 2.69. The van der Waals surface area contributed by atoms with E-state index in [2.05, 4.69) is 17.1 Å². The van der Waals surface area contributed by atoms with Gasteiger partial charge in [-0.3, -0.25) is 0 Å². The minimum absolute atomic E-state index is 0.0213. The molecule has 4 nitrogen and oxygen atoms in total. The van der Waals surface area contributed by atoms with E-state index >= 15 is 0 Å². The molecule has 1 rings (SSSR count). The molecule has 1 aliphatic rings. The lowest BCUT2D eigenvalue weighted by molar-refractivity contribution is 0.181. The lowest BCUT2D eigenvalue weighted by Gasteiger charge is -2.32. The maximum absolute atomic E-state index is 11.4. The Labute approximate surface area is 86.2 Å². The second-order valence-electron chi connectivity index (χ2n) is 4.08. The Morgan fingerprint density at radius 3 is 2.86 bits per heavy atom. The lowest BCUT2D eigenvalue weighted by atomic mass is 10.1. The zero-order valence-electron chi connectivity index (χ0n) is 9.42. The molecule has 1 aliphatic heterocycles. The molecule has 1 N–H and O–H groups in total. The number of carbonyl (C=O) groups is 1. The SMILES string of the molecule is CCN1CCCC(NC(=O)N(C)C)C1. The van der Waals surface area contributed by atoms with Gasteiger partial charge in [0.15, 0.2) is 0 Å². The third-order valence-electron chi connectivity index (χ3n) is 2.69. The molecule has 0 radical (unpaired) electrons. The van der Waals surface area contributed by atoms with E-state index in [9.17, 15) is 4.79 Å². The van der Waals surface area contributed by atoms with Crippen LogP contribution in [-0.2, 0) is 0 Å². The summed E-state index contributed by atoms with van der Waals surface area (Å²) < 4.78 is 0. The maximum atomic E-state index is 11.4. The van der Waals surface area contributed by atoms with E-state index in [4.69, 9.17) is 0 Å². The summed E-state index contributed by atoms with van der Waals surface area (Å²) in [5.74, 6) is 0. The summed E-state index contributed by atoms with van der Waals surface area (Å²) >= 11 is 0. The highest BCUT2D eigenvalue weighted by Crippen LogP contribution is 2.09. The predicted octanol–water partition coefficient (Wildman–Crippen LogP) is 0.742. The van der Waals surface area contributed by atoms with Gasteiger partial charge in [0.25, 0.3) is 0 Å². The third kappa shape index (κ3) is 3.18. The van der Waals surface area contributed by atoms with Crippen LogP contribution >= 0.6 is 0 Å². The molecule has 4 heteroatoms. The van der Waals surface area contributed by atoms with Crippen molar-refractivity contribution in [2.45, 2.75) is 25.8 Å². The van der Waals surface area contributed by atoms with Crippen LogP contribution in [-0.4, -0.2) is 55.6 Å². The monoisotopic (exact) mass is 199 g/mol. The molecule has 0 saturated carbocycles. The highest BCUT2D eigenvalue weighted by molar-refractivity contribution is 5.73. The van der Waals surface area contributed by atoms with Crippen LogP contribution in [0.4, 0.5) is 4.79 Å². The molecule has 1 unspecified atom stereocenters. The summed E-state index contributed by atoms with van der Waals surface area (Å²) in [5, 5.41) is 3.03. The van der Waals surface area contributed by atoms with Crippen molar-refractivity contribution in [1.82, 2.24) is 15.1 Å². The summed E-state index contributed by atoms with van der Waals surface area (Å²) in [7, 11) is 3.55. The van der Waals surface area contributed by atoms with Gasteiger partial charge in [0.1, 0.15) is 0 Å². The van der Waals surface area contributed by atoms with Crippen LogP contribution in [0.2, 0.25) is 0 Å². The fourth-order valence-corrected chi connectivity index (χ4v) is 1.76. The van der Waals surface area contributed by atoms with E-state index in [1.807, 2.05) is 0 Å². The van der Waals surface area contributed by atoms with Gasteiger partial charge in [0.2, 0.25) is 0 Å². The molecular formula is C10H21N3O. The van der Waals surface area contributed by atoms with Gasteiger partial charge in [-0.05, 0) is 25.9 Å². The van der Waals surface area contributed by atoms with Crippen LogP contribution in [0.5, 0.6) is 0 Å². The van der Waals surface area contributed by atoms with Crippen LogP contribution in [0.3, 0.4) is 0 Å². The molecule has 0 aromatic carbocycles. The smallest absolute Gasteiger partial charge is 0.317 e. The Balaban J connectivity index is 2.34. The zero-order valence-corrected chi connectivity index (χ0v) is 9.42. The average molecular weight is 199 g/mol.